The topological polar surface area (TPSA) is 52.6 Å². The molecule has 3 aliphatic rings. The van der Waals surface area contributed by atoms with Gasteiger partial charge in [0.25, 0.3) is 0 Å². The van der Waals surface area contributed by atoms with E-state index in [0.29, 0.717) is 10.9 Å². The van der Waals surface area contributed by atoms with E-state index in [-0.39, 0.29) is 23.8 Å². The number of halogens is 1. The van der Waals surface area contributed by atoms with Gasteiger partial charge in [0.15, 0.2) is 0 Å². The fraction of sp³-hybridized carbons (Fsp3) is 0.625. The highest BCUT2D eigenvalue weighted by molar-refractivity contribution is 6.31. The Morgan fingerprint density at radius 1 is 1.17 bits per heavy atom. The minimum atomic E-state index is 0.0261. The van der Waals surface area contributed by atoms with Gasteiger partial charge >= 0.3 is 0 Å². The summed E-state index contributed by atoms with van der Waals surface area (Å²) in [6.45, 7) is 7.51. The van der Waals surface area contributed by atoms with E-state index in [1.54, 1.807) is 0 Å². The molecule has 1 aromatic carbocycles. The number of amides is 2. The summed E-state index contributed by atoms with van der Waals surface area (Å²) in [7, 11) is 0. The molecule has 0 aromatic heterocycles. The van der Waals surface area contributed by atoms with Crippen LogP contribution in [0.5, 0.6) is 0 Å². The summed E-state index contributed by atoms with van der Waals surface area (Å²) in [6.07, 6.45) is 8.50. The number of piperazine rings is 1. The molecule has 3 fully saturated rings. The number of anilines is 1. The molecule has 1 radical (unpaired) electrons. The molecule has 0 unspecified atom stereocenters. The van der Waals surface area contributed by atoms with Crippen molar-refractivity contribution in [1.82, 2.24) is 9.80 Å². The highest BCUT2D eigenvalue weighted by atomic mass is 35.5. The molecule has 1 saturated heterocycles. The highest BCUT2D eigenvalue weighted by Gasteiger charge is 2.33. The maximum atomic E-state index is 12.9. The molecule has 1 aromatic rings. The predicted molar refractivity (Wildman–Crippen MR) is 120 cm³/mol. The summed E-state index contributed by atoms with van der Waals surface area (Å²) < 4.78 is 0. The van der Waals surface area contributed by atoms with Gasteiger partial charge in [-0.1, -0.05) is 24.4 Å². The van der Waals surface area contributed by atoms with Gasteiger partial charge in [-0.25, -0.2) is 0 Å². The third kappa shape index (κ3) is 4.67. The van der Waals surface area contributed by atoms with Crippen LogP contribution in [0.1, 0.15) is 56.6 Å². The highest BCUT2D eigenvalue weighted by Crippen LogP contribution is 2.31. The molecule has 2 saturated carbocycles. The first kappa shape index (κ1) is 21.6. The van der Waals surface area contributed by atoms with Crippen LogP contribution in [0.3, 0.4) is 0 Å². The third-order valence-electron chi connectivity index (χ3n) is 7.10. The lowest BCUT2D eigenvalue weighted by Crippen LogP contribution is -2.54. The number of nitrogens with one attached hydrogen (secondary N) is 1. The number of carbonyl (C=O) groups excluding carboxylic acids is 2. The fourth-order valence-corrected chi connectivity index (χ4v) is 5.22. The molecule has 2 aliphatic carbocycles. The van der Waals surface area contributed by atoms with Gasteiger partial charge in [0, 0.05) is 54.8 Å². The second-order valence-electron chi connectivity index (χ2n) is 9.24. The van der Waals surface area contributed by atoms with Crippen molar-refractivity contribution in [3.63, 3.8) is 0 Å². The summed E-state index contributed by atoms with van der Waals surface area (Å²) in [5.74, 6) is 0.688. The molecule has 4 rings (SSSR count). The molecule has 2 atom stereocenters. The second kappa shape index (κ2) is 9.27. The second-order valence-corrected chi connectivity index (χ2v) is 9.68. The van der Waals surface area contributed by atoms with E-state index in [0.717, 1.165) is 68.7 Å². The molecule has 1 heterocycles. The van der Waals surface area contributed by atoms with Crippen molar-refractivity contribution in [2.75, 3.05) is 25.0 Å². The van der Waals surface area contributed by atoms with Crippen molar-refractivity contribution < 1.29 is 9.59 Å². The van der Waals surface area contributed by atoms with Gasteiger partial charge in [-0.2, -0.15) is 0 Å². The molecule has 6 heteroatoms. The van der Waals surface area contributed by atoms with Crippen LogP contribution in [0.15, 0.2) is 12.1 Å². The zero-order chi connectivity index (χ0) is 21.3. The number of nitrogens with zero attached hydrogens (tertiary/aromatic N) is 2. The van der Waals surface area contributed by atoms with E-state index >= 15 is 0 Å². The Hall–Kier alpha value is -1.59. The first-order valence-corrected chi connectivity index (χ1v) is 11.8. The van der Waals surface area contributed by atoms with Crippen molar-refractivity contribution in [3.05, 3.63) is 34.7 Å². The fourth-order valence-electron chi connectivity index (χ4n) is 4.98. The van der Waals surface area contributed by atoms with Crippen LogP contribution >= 0.6 is 11.6 Å². The zero-order valence-electron chi connectivity index (χ0n) is 18.1. The van der Waals surface area contributed by atoms with E-state index in [1.807, 2.05) is 12.1 Å². The van der Waals surface area contributed by atoms with Gasteiger partial charge in [-0.3, -0.25) is 14.5 Å². The van der Waals surface area contributed by atoms with Crippen LogP contribution in [0, 0.1) is 25.2 Å². The molecular formula is C24H33ClN3O2. The van der Waals surface area contributed by atoms with E-state index < -0.39 is 0 Å². The van der Waals surface area contributed by atoms with Crippen LogP contribution < -0.4 is 5.32 Å². The maximum absolute atomic E-state index is 12.9. The lowest BCUT2D eigenvalue weighted by molar-refractivity contribution is -0.140. The summed E-state index contributed by atoms with van der Waals surface area (Å²) in [5.41, 5.74) is 3.02. The van der Waals surface area contributed by atoms with E-state index in [2.05, 4.69) is 35.4 Å². The first-order chi connectivity index (χ1) is 14.4. The van der Waals surface area contributed by atoms with Crippen LogP contribution in [-0.2, 0) is 16.1 Å². The van der Waals surface area contributed by atoms with Crippen LogP contribution in [0.25, 0.3) is 0 Å². The summed E-state index contributed by atoms with van der Waals surface area (Å²) in [5, 5.41) is 3.71. The molecular weight excluding hydrogens is 398 g/mol. The van der Waals surface area contributed by atoms with Crippen molar-refractivity contribution in [3.8, 4) is 0 Å². The molecule has 163 valence electrons. The Morgan fingerprint density at radius 2 is 1.90 bits per heavy atom. The molecule has 1 N–H and O–H groups in total. The van der Waals surface area contributed by atoms with Gasteiger partial charge in [-0.05, 0) is 69.2 Å². The van der Waals surface area contributed by atoms with Crippen LogP contribution in [0.2, 0.25) is 5.02 Å². The van der Waals surface area contributed by atoms with E-state index in [4.69, 9.17) is 11.6 Å². The lowest BCUT2D eigenvalue weighted by Gasteiger charge is -2.41. The standard InChI is InChI=1S/C24H33ClN3O2/c1-16-14-27(10-11-28(16)24(30)19-6-3-4-7-19)15-20-12-21(25)13-22(17(20)2)26-23(29)18-8-5-9-18/h8,12-13,16,18-19H,3-7,9-11,14-15H2,1-2H3,(H,26,29)/t16-,18-/m0/s1. The molecule has 5 nitrogen and oxygen atoms in total. The quantitative estimate of drug-likeness (QED) is 0.752. The zero-order valence-corrected chi connectivity index (χ0v) is 18.9. The van der Waals surface area contributed by atoms with Gasteiger partial charge in [0.1, 0.15) is 0 Å². The number of hydrogen-bond donors (Lipinski definition) is 1. The largest absolute Gasteiger partial charge is 0.337 e. The number of hydrogen-bond acceptors (Lipinski definition) is 3. The molecule has 1 aliphatic heterocycles. The third-order valence-corrected chi connectivity index (χ3v) is 7.31. The number of benzene rings is 1. The van der Waals surface area contributed by atoms with E-state index in [1.165, 1.54) is 12.8 Å². The van der Waals surface area contributed by atoms with Crippen LogP contribution in [-0.4, -0.2) is 47.3 Å². The van der Waals surface area contributed by atoms with E-state index in [9.17, 15) is 9.59 Å². The van der Waals surface area contributed by atoms with Crippen molar-refractivity contribution >= 4 is 29.1 Å². The predicted octanol–water partition coefficient (Wildman–Crippen LogP) is 4.42. The maximum Gasteiger partial charge on any atom is 0.227 e. The normalized spacial score (nSPS) is 23.4. The monoisotopic (exact) mass is 430 g/mol. The van der Waals surface area contributed by atoms with Gasteiger partial charge in [0.05, 0.1) is 0 Å². The Kier molecular flexibility index (Phi) is 6.69. The average Bonchev–Trinajstić information content (AvgIpc) is 3.18. The number of carbonyl (C=O) groups is 2. The number of rotatable bonds is 5. The molecule has 30 heavy (non-hydrogen) atoms. The minimum absolute atomic E-state index is 0.0261. The molecule has 0 spiro atoms. The van der Waals surface area contributed by atoms with Crippen molar-refractivity contribution in [2.45, 2.75) is 65.0 Å². The Morgan fingerprint density at radius 3 is 2.53 bits per heavy atom. The smallest absolute Gasteiger partial charge is 0.227 e. The first-order valence-electron chi connectivity index (χ1n) is 11.4. The average molecular weight is 431 g/mol. The van der Waals surface area contributed by atoms with Gasteiger partial charge in [0.2, 0.25) is 11.8 Å². The van der Waals surface area contributed by atoms with Crippen molar-refractivity contribution in [2.24, 2.45) is 11.8 Å². The Labute approximate surface area is 185 Å². The Bertz CT molecular complexity index is 802. The SMILES string of the molecule is Cc1c(CN2CCN(C(=O)C3CCCC3)[C@@H](C)C2)cc(Cl)cc1NC(=O)[C@H]1[CH]CC1. The van der Waals surface area contributed by atoms with Gasteiger partial charge < -0.3 is 10.2 Å². The summed E-state index contributed by atoms with van der Waals surface area (Å²) in [4.78, 5) is 29.7. The van der Waals surface area contributed by atoms with Crippen molar-refractivity contribution in [1.29, 1.82) is 0 Å². The summed E-state index contributed by atoms with van der Waals surface area (Å²) in [6, 6.07) is 4.07. The Balaban J connectivity index is 1.39. The molecule has 2 amide bonds. The molecule has 0 bridgehead atoms. The minimum Gasteiger partial charge on any atom is -0.337 e. The lowest BCUT2D eigenvalue weighted by atomic mass is 9.84. The van der Waals surface area contributed by atoms with Gasteiger partial charge in [-0.15, -0.1) is 0 Å². The van der Waals surface area contributed by atoms with Crippen LogP contribution in [0.4, 0.5) is 5.69 Å². The summed E-state index contributed by atoms with van der Waals surface area (Å²) >= 11 is 6.39.